The minimum absolute atomic E-state index is 0.0703. The molecule has 2 N–H and O–H groups in total. The van der Waals surface area contributed by atoms with Gasteiger partial charge in [0.05, 0.1) is 17.8 Å². The Hall–Kier alpha value is -1.11. The van der Waals surface area contributed by atoms with Gasteiger partial charge < -0.3 is 10.0 Å². The fourth-order valence-corrected chi connectivity index (χ4v) is 2.93. The molecule has 0 unspecified atom stereocenters. The molecule has 0 aliphatic rings. The smallest absolute Gasteiger partial charge is 0.242 e. The summed E-state index contributed by atoms with van der Waals surface area (Å²) in [5, 5.41) is 9.42. The van der Waals surface area contributed by atoms with E-state index in [0.29, 0.717) is 12.2 Å². The largest absolute Gasteiger partial charge is 0.394 e. The molecule has 0 heterocycles. The zero-order valence-corrected chi connectivity index (χ0v) is 12.7. The first-order valence-corrected chi connectivity index (χ1v) is 7.68. The van der Waals surface area contributed by atoms with E-state index in [4.69, 9.17) is 0 Å². The van der Waals surface area contributed by atoms with E-state index < -0.39 is 15.6 Å². The van der Waals surface area contributed by atoms with E-state index in [1.54, 1.807) is 43.1 Å². The van der Waals surface area contributed by atoms with Crippen molar-refractivity contribution in [1.82, 2.24) is 4.72 Å². The van der Waals surface area contributed by atoms with Crippen molar-refractivity contribution in [2.24, 2.45) is 0 Å². The van der Waals surface area contributed by atoms with E-state index in [1.807, 2.05) is 13.8 Å². The van der Waals surface area contributed by atoms with Crippen molar-refractivity contribution in [1.29, 1.82) is 0 Å². The van der Waals surface area contributed by atoms with E-state index in [0.717, 1.165) is 0 Å². The molecule has 0 saturated carbocycles. The molecule has 0 aliphatic heterocycles. The van der Waals surface area contributed by atoms with Crippen LogP contribution in [-0.4, -0.2) is 39.3 Å². The normalized spacial score (nSPS) is 12.5. The molecule has 1 aromatic rings. The molecule has 0 fully saturated rings. The van der Waals surface area contributed by atoms with E-state index in [-0.39, 0.29) is 11.5 Å². The summed E-state index contributed by atoms with van der Waals surface area (Å²) in [6, 6.07) is 6.77. The lowest BCUT2D eigenvalue weighted by molar-refractivity contribution is 0.216. The quantitative estimate of drug-likeness (QED) is 0.824. The third kappa shape index (κ3) is 3.46. The molecule has 6 heteroatoms. The molecular weight excluding hydrogens is 264 g/mol. The Labute approximate surface area is 115 Å². The third-order valence-corrected chi connectivity index (χ3v) is 4.74. The standard InChI is InChI=1S/C13H22N2O3S/c1-5-14-19(17,18)12-9-7-6-8-11(12)15(4)13(2,3)10-16/h6-9,14,16H,5,10H2,1-4H3. The Morgan fingerprint density at radius 3 is 2.42 bits per heavy atom. The Balaban J connectivity index is 3.32. The second kappa shape index (κ2) is 5.90. The summed E-state index contributed by atoms with van der Waals surface area (Å²) >= 11 is 0. The number of rotatable bonds is 6. The van der Waals surface area contributed by atoms with Crippen LogP contribution in [0.2, 0.25) is 0 Å². The van der Waals surface area contributed by atoms with E-state index in [9.17, 15) is 13.5 Å². The molecule has 0 atom stereocenters. The average molecular weight is 286 g/mol. The molecule has 0 spiro atoms. The van der Waals surface area contributed by atoms with Gasteiger partial charge in [-0.3, -0.25) is 0 Å². The lowest BCUT2D eigenvalue weighted by Gasteiger charge is -2.36. The van der Waals surface area contributed by atoms with Gasteiger partial charge in [0, 0.05) is 13.6 Å². The lowest BCUT2D eigenvalue weighted by Crippen LogP contribution is -2.45. The Bertz CT molecular complexity index is 526. The van der Waals surface area contributed by atoms with Gasteiger partial charge in [0.2, 0.25) is 10.0 Å². The Morgan fingerprint density at radius 2 is 1.89 bits per heavy atom. The molecule has 0 saturated heterocycles. The summed E-state index contributed by atoms with van der Waals surface area (Å²) < 4.78 is 26.8. The van der Waals surface area contributed by atoms with Crippen molar-refractivity contribution >= 4 is 15.7 Å². The number of hydrogen-bond donors (Lipinski definition) is 2. The van der Waals surface area contributed by atoms with Crippen LogP contribution in [0.15, 0.2) is 29.2 Å². The summed E-state index contributed by atoms with van der Waals surface area (Å²) in [7, 11) is -1.75. The van der Waals surface area contributed by atoms with E-state index in [2.05, 4.69) is 4.72 Å². The molecule has 5 nitrogen and oxygen atoms in total. The molecule has 0 bridgehead atoms. The van der Waals surface area contributed by atoms with Crippen LogP contribution in [0.4, 0.5) is 5.69 Å². The topological polar surface area (TPSA) is 69.6 Å². The molecule has 0 amide bonds. The summed E-state index contributed by atoms with van der Waals surface area (Å²) in [6.45, 7) is 5.71. The van der Waals surface area contributed by atoms with Crippen molar-refractivity contribution in [3.63, 3.8) is 0 Å². The highest BCUT2D eigenvalue weighted by Crippen LogP contribution is 2.28. The van der Waals surface area contributed by atoms with Gasteiger partial charge in [0.15, 0.2) is 0 Å². The van der Waals surface area contributed by atoms with Gasteiger partial charge in [-0.1, -0.05) is 19.1 Å². The van der Waals surface area contributed by atoms with Crippen LogP contribution < -0.4 is 9.62 Å². The van der Waals surface area contributed by atoms with E-state index >= 15 is 0 Å². The molecule has 19 heavy (non-hydrogen) atoms. The number of nitrogens with one attached hydrogen (secondary N) is 1. The van der Waals surface area contributed by atoms with Gasteiger partial charge in [0.25, 0.3) is 0 Å². The van der Waals surface area contributed by atoms with E-state index in [1.165, 1.54) is 0 Å². The highest BCUT2D eigenvalue weighted by Gasteiger charge is 2.27. The maximum absolute atomic E-state index is 12.2. The van der Waals surface area contributed by atoms with Gasteiger partial charge in [-0.05, 0) is 26.0 Å². The van der Waals surface area contributed by atoms with Crippen molar-refractivity contribution in [3.8, 4) is 0 Å². The minimum Gasteiger partial charge on any atom is -0.394 e. The second-order valence-corrected chi connectivity index (χ2v) is 6.73. The number of aliphatic hydroxyl groups excluding tert-OH is 1. The predicted molar refractivity (Wildman–Crippen MR) is 76.9 cm³/mol. The fourth-order valence-electron chi connectivity index (χ4n) is 1.66. The number of likely N-dealkylation sites (N-methyl/N-ethyl adjacent to an activating group) is 1. The van der Waals surface area contributed by atoms with Crippen LogP contribution in [0.5, 0.6) is 0 Å². The SMILES string of the molecule is CCNS(=O)(=O)c1ccccc1N(C)C(C)(C)CO. The van der Waals surface area contributed by atoms with Gasteiger partial charge in [0.1, 0.15) is 4.90 Å². The summed E-state index contributed by atoms with van der Waals surface area (Å²) in [5.41, 5.74) is 0.0279. The van der Waals surface area contributed by atoms with Crippen LogP contribution in [0.3, 0.4) is 0 Å². The summed E-state index contributed by atoms with van der Waals surface area (Å²) in [4.78, 5) is 2.00. The number of aliphatic hydroxyl groups is 1. The molecule has 1 aromatic carbocycles. The zero-order chi connectivity index (χ0) is 14.7. The molecular formula is C13H22N2O3S. The lowest BCUT2D eigenvalue weighted by atomic mass is 10.0. The first-order chi connectivity index (χ1) is 8.76. The Morgan fingerprint density at radius 1 is 1.32 bits per heavy atom. The average Bonchev–Trinajstić information content (AvgIpc) is 2.37. The summed E-state index contributed by atoms with van der Waals surface area (Å²) in [5.74, 6) is 0. The zero-order valence-electron chi connectivity index (χ0n) is 11.8. The van der Waals surface area contributed by atoms with Crippen molar-refractivity contribution in [2.45, 2.75) is 31.2 Å². The maximum atomic E-state index is 12.2. The summed E-state index contributed by atoms with van der Waals surface area (Å²) in [6.07, 6.45) is 0. The number of hydrogen-bond acceptors (Lipinski definition) is 4. The molecule has 0 aliphatic carbocycles. The third-order valence-electron chi connectivity index (χ3n) is 3.15. The number of anilines is 1. The number of sulfonamides is 1. The van der Waals surface area contributed by atoms with Gasteiger partial charge in [-0.2, -0.15) is 0 Å². The fraction of sp³-hybridized carbons (Fsp3) is 0.538. The minimum atomic E-state index is -3.53. The molecule has 0 aromatic heterocycles. The highest BCUT2D eigenvalue weighted by atomic mass is 32.2. The first kappa shape index (κ1) is 15.9. The number of nitrogens with zero attached hydrogens (tertiary/aromatic N) is 1. The number of para-hydroxylation sites is 1. The van der Waals surface area contributed by atoms with Crippen molar-refractivity contribution in [3.05, 3.63) is 24.3 Å². The highest BCUT2D eigenvalue weighted by molar-refractivity contribution is 7.89. The van der Waals surface area contributed by atoms with Crippen LogP contribution >= 0.6 is 0 Å². The van der Waals surface area contributed by atoms with Gasteiger partial charge >= 0.3 is 0 Å². The maximum Gasteiger partial charge on any atom is 0.242 e. The molecule has 1 rings (SSSR count). The Kier molecular flexibility index (Phi) is 4.95. The van der Waals surface area contributed by atoms with Gasteiger partial charge in [-0.25, -0.2) is 13.1 Å². The monoisotopic (exact) mass is 286 g/mol. The molecule has 0 radical (unpaired) electrons. The van der Waals surface area contributed by atoms with Crippen molar-refractivity contribution < 1.29 is 13.5 Å². The molecule has 108 valence electrons. The van der Waals surface area contributed by atoms with Gasteiger partial charge in [-0.15, -0.1) is 0 Å². The van der Waals surface area contributed by atoms with Crippen LogP contribution in [-0.2, 0) is 10.0 Å². The predicted octanol–water partition coefficient (Wildman–Crippen LogP) is 1.19. The first-order valence-electron chi connectivity index (χ1n) is 6.19. The van der Waals surface area contributed by atoms with Crippen LogP contribution in [0.25, 0.3) is 0 Å². The van der Waals surface area contributed by atoms with Crippen LogP contribution in [0, 0.1) is 0 Å². The van der Waals surface area contributed by atoms with Crippen LogP contribution in [0.1, 0.15) is 20.8 Å². The second-order valence-electron chi connectivity index (χ2n) is 5.00. The van der Waals surface area contributed by atoms with Crippen molar-refractivity contribution in [2.75, 3.05) is 25.1 Å². The number of benzene rings is 1.